The zero-order valence-corrected chi connectivity index (χ0v) is 18.7. The van der Waals surface area contributed by atoms with Crippen LogP contribution in [0, 0.1) is 18.2 Å². The number of piperidine rings is 1. The first kappa shape index (κ1) is 25.4. The second-order valence-electron chi connectivity index (χ2n) is 9.20. The number of aliphatic carboxylic acids is 1. The maximum Gasteiger partial charge on any atom is 0.490 e. The quantitative estimate of drug-likeness (QED) is 0.674. The Labute approximate surface area is 190 Å². The number of carbonyl (C=O) groups is 2. The molecule has 3 aliphatic heterocycles. The Hall–Kier alpha value is -2.20. The van der Waals surface area contributed by atoms with E-state index < -0.39 is 12.1 Å². The third-order valence-corrected chi connectivity index (χ3v) is 6.72. The lowest BCUT2D eigenvalue weighted by Crippen LogP contribution is -2.43. The Morgan fingerprint density at radius 3 is 2.30 bits per heavy atom. The molecule has 1 unspecified atom stereocenters. The molecule has 10 heteroatoms. The number of ether oxygens (including phenoxy) is 1. The van der Waals surface area contributed by atoms with E-state index in [0.717, 1.165) is 45.5 Å². The lowest BCUT2D eigenvalue weighted by atomic mass is 9.76. The van der Waals surface area contributed by atoms with Crippen LogP contribution in [0.4, 0.5) is 17.6 Å². The zero-order valence-electron chi connectivity index (χ0n) is 18.7. The molecule has 33 heavy (non-hydrogen) atoms. The predicted molar refractivity (Wildman–Crippen MR) is 112 cm³/mol. The molecule has 0 radical (unpaired) electrons. The van der Waals surface area contributed by atoms with Crippen molar-refractivity contribution in [2.45, 2.75) is 51.3 Å². The molecule has 0 aromatic heterocycles. The number of carboxylic acids is 1. The van der Waals surface area contributed by atoms with Crippen LogP contribution >= 0.6 is 0 Å². The largest absolute Gasteiger partial charge is 0.490 e. The van der Waals surface area contributed by atoms with Crippen LogP contribution in [0.25, 0.3) is 0 Å². The van der Waals surface area contributed by atoms with E-state index in [0.29, 0.717) is 17.2 Å². The molecule has 0 aliphatic carbocycles. The molecule has 184 valence electrons. The van der Waals surface area contributed by atoms with Crippen LogP contribution in [-0.4, -0.2) is 78.4 Å². The van der Waals surface area contributed by atoms with Gasteiger partial charge in [0.15, 0.2) is 0 Å². The Morgan fingerprint density at radius 1 is 1.15 bits per heavy atom. The molecule has 1 N–H and O–H groups in total. The van der Waals surface area contributed by atoms with Gasteiger partial charge in [-0.3, -0.25) is 4.79 Å². The van der Waals surface area contributed by atoms with Crippen LogP contribution in [0.2, 0.25) is 0 Å². The van der Waals surface area contributed by atoms with Crippen LogP contribution in [-0.2, 0) is 9.53 Å². The van der Waals surface area contributed by atoms with Crippen molar-refractivity contribution >= 4 is 11.9 Å². The fourth-order valence-electron chi connectivity index (χ4n) is 4.71. The summed E-state index contributed by atoms with van der Waals surface area (Å²) >= 11 is 0. The molecule has 0 bridgehead atoms. The smallest absolute Gasteiger partial charge is 0.475 e. The lowest BCUT2D eigenvalue weighted by molar-refractivity contribution is -0.192. The molecule has 3 fully saturated rings. The first-order chi connectivity index (χ1) is 15.5. The molecule has 1 aromatic rings. The van der Waals surface area contributed by atoms with Gasteiger partial charge in [0.2, 0.25) is 0 Å². The third kappa shape index (κ3) is 6.66. The number of benzene rings is 1. The molecule has 3 heterocycles. The van der Waals surface area contributed by atoms with E-state index in [1.54, 1.807) is 19.1 Å². The van der Waals surface area contributed by atoms with E-state index in [1.165, 1.54) is 32.0 Å². The minimum Gasteiger partial charge on any atom is -0.475 e. The fourth-order valence-corrected chi connectivity index (χ4v) is 4.71. The molecule has 3 saturated heterocycles. The van der Waals surface area contributed by atoms with Gasteiger partial charge in [0, 0.05) is 25.2 Å². The molecule has 1 spiro atoms. The minimum atomic E-state index is -5.08. The number of carboxylic acid groups (broad SMARTS) is 1. The Kier molecular flexibility index (Phi) is 8.00. The van der Waals surface area contributed by atoms with Crippen molar-refractivity contribution in [2.75, 3.05) is 39.3 Å². The maximum atomic E-state index is 13.8. The molecule has 0 saturated carbocycles. The normalized spacial score (nSPS) is 22.8. The van der Waals surface area contributed by atoms with Crippen molar-refractivity contribution in [1.29, 1.82) is 0 Å². The number of rotatable bonds is 3. The van der Waals surface area contributed by atoms with Crippen molar-refractivity contribution in [1.82, 2.24) is 9.80 Å². The Morgan fingerprint density at radius 2 is 1.76 bits per heavy atom. The highest BCUT2D eigenvalue weighted by molar-refractivity contribution is 5.94. The fraction of sp³-hybridized carbons (Fsp3) is 0.652. The molecular formula is C23H30F4N2O4. The van der Waals surface area contributed by atoms with E-state index >= 15 is 0 Å². The standard InChI is InChI=1S/C21H29FN2O2.C2HF3O2/c1-16-4-5-17(12-19(16)22)20(25)24-10-6-21(7-11-24)13-18(26-15-21)14-23-8-2-3-9-23;3-2(4,5)1(6)7/h4-5,12,18H,2-3,6-11,13-15H2,1H3;(H,6,7). The lowest BCUT2D eigenvalue weighted by Gasteiger charge is -2.38. The van der Waals surface area contributed by atoms with E-state index in [2.05, 4.69) is 4.90 Å². The number of halogens is 4. The molecule has 1 amide bonds. The van der Waals surface area contributed by atoms with Crippen molar-refractivity contribution in [2.24, 2.45) is 5.41 Å². The number of hydrogen-bond acceptors (Lipinski definition) is 4. The second kappa shape index (κ2) is 10.4. The first-order valence-corrected chi connectivity index (χ1v) is 11.2. The summed E-state index contributed by atoms with van der Waals surface area (Å²) in [6, 6.07) is 4.78. The van der Waals surface area contributed by atoms with Crippen LogP contribution in [0.5, 0.6) is 0 Å². The summed E-state index contributed by atoms with van der Waals surface area (Å²) in [4.78, 5) is 26.0. The highest BCUT2D eigenvalue weighted by atomic mass is 19.4. The summed E-state index contributed by atoms with van der Waals surface area (Å²) in [5.74, 6) is -3.11. The average molecular weight is 474 g/mol. The van der Waals surface area contributed by atoms with Crippen molar-refractivity contribution in [3.05, 3.63) is 35.1 Å². The van der Waals surface area contributed by atoms with Crippen molar-refractivity contribution in [3.63, 3.8) is 0 Å². The Balaban J connectivity index is 0.000000383. The number of alkyl halides is 3. The monoisotopic (exact) mass is 474 g/mol. The van der Waals surface area contributed by atoms with Gasteiger partial charge in [-0.05, 0) is 75.2 Å². The van der Waals surface area contributed by atoms with Crippen LogP contribution in [0.3, 0.4) is 0 Å². The van der Waals surface area contributed by atoms with Crippen LogP contribution in [0.15, 0.2) is 18.2 Å². The third-order valence-electron chi connectivity index (χ3n) is 6.72. The second-order valence-corrected chi connectivity index (χ2v) is 9.20. The van der Waals surface area contributed by atoms with Gasteiger partial charge in [-0.2, -0.15) is 13.2 Å². The highest BCUT2D eigenvalue weighted by Crippen LogP contribution is 2.42. The van der Waals surface area contributed by atoms with Crippen LogP contribution in [0.1, 0.15) is 48.0 Å². The molecular weight excluding hydrogens is 444 g/mol. The van der Waals surface area contributed by atoms with E-state index in [1.807, 2.05) is 4.90 Å². The van der Waals surface area contributed by atoms with E-state index in [4.69, 9.17) is 14.6 Å². The van der Waals surface area contributed by atoms with Gasteiger partial charge in [0.1, 0.15) is 5.82 Å². The molecule has 1 atom stereocenters. The molecule has 1 aromatic carbocycles. The topological polar surface area (TPSA) is 70.1 Å². The molecule has 4 rings (SSSR count). The number of amides is 1. The minimum absolute atomic E-state index is 0.0497. The summed E-state index contributed by atoms with van der Waals surface area (Å²) in [6.07, 6.45) is 0.988. The van der Waals surface area contributed by atoms with Gasteiger partial charge in [0.25, 0.3) is 5.91 Å². The van der Waals surface area contributed by atoms with Crippen molar-refractivity contribution in [3.8, 4) is 0 Å². The van der Waals surface area contributed by atoms with Gasteiger partial charge in [-0.1, -0.05) is 6.07 Å². The van der Waals surface area contributed by atoms with Gasteiger partial charge in [0.05, 0.1) is 12.7 Å². The zero-order chi connectivity index (χ0) is 24.2. The highest BCUT2D eigenvalue weighted by Gasteiger charge is 2.43. The van der Waals surface area contributed by atoms with Gasteiger partial charge >= 0.3 is 12.1 Å². The van der Waals surface area contributed by atoms with Gasteiger partial charge < -0.3 is 19.6 Å². The van der Waals surface area contributed by atoms with Gasteiger partial charge in [-0.25, -0.2) is 9.18 Å². The summed E-state index contributed by atoms with van der Waals surface area (Å²) in [5, 5.41) is 7.12. The maximum absolute atomic E-state index is 13.8. The number of carbonyl (C=O) groups excluding carboxylic acids is 1. The number of aryl methyl sites for hydroxylation is 1. The summed E-state index contributed by atoms with van der Waals surface area (Å²) in [6.45, 7) is 7.51. The Bertz CT molecular complexity index is 847. The summed E-state index contributed by atoms with van der Waals surface area (Å²) in [7, 11) is 0. The number of nitrogens with zero attached hydrogens (tertiary/aromatic N) is 2. The molecule has 3 aliphatic rings. The SMILES string of the molecule is Cc1ccc(C(=O)N2CCC3(CC2)COC(CN2CCCC2)C3)cc1F.O=C(O)C(F)(F)F. The summed E-state index contributed by atoms with van der Waals surface area (Å²) < 4.78 is 51.6. The molecule has 6 nitrogen and oxygen atoms in total. The summed E-state index contributed by atoms with van der Waals surface area (Å²) in [5.41, 5.74) is 1.27. The van der Waals surface area contributed by atoms with E-state index in [-0.39, 0.29) is 17.1 Å². The van der Waals surface area contributed by atoms with Crippen molar-refractivity contribution < 1.29 is 37.0 Å². The number of likely N-dealkylation sites (tertiary alicyclic amines) is 2. The van der Waals surface area contributed by atoms with Crippen LogP contribution < -0.4 is 0 Å². The predicted octanol–water partition coefficient (Wildman–Crippen LogP) is 3.87. The van der Waals surface area contributed by atoms with E-state index in [9.17, 15) is 22.4 Å². The first-order valence-electron chi connectivity index (χ1n) is 11.2. The number of hydrogen-bond donors (Lipinski definition) is 1. The average Bonchev–Trinajstić information content (AvgIpc) is 3.41. The van der Waals surface area contributed by atoms with Gasteiger partial charge in [-0.15, -0.1) is 0 Å².